The monoisotopic (exact) mass is 278 g/mol. The molecule has 20 heavy (non-hydrogen) atoms. The van der Waals surface area contributed by atoms with E-state index >= 15 is 0 Å². The molecule has 0 radical (unpaired) electrons. The van der Waals surface area contributed by atoms with Gasteiger partial charge in [0.15, 0.2) is 0 Å². The fourth-order valence-corrected chi connectivity index (χ4v) is 2.61. The molecule has 0 aromatic heterocycles. The number of methoxy groups -OCH3 is 1. The molecular weight excluding hydrogens is 256 g/mol. The van der Waals surface area contributed by atoms with E-state index in [-0.39, 0.29) is 11.7 Å². The Balaban J connectivity index is 1.96. The SMILES string of the molecule is COCCC1CCN(C(=O)c2cc(O)ccc2N)CC1. The molecule has 5 nitrogen and oxygen atoms in total. The van der Waals surface area contributed by atoms with Gasteiger partial charge in [-0.3, -0.25) is 4.79 Å². The number of hydrogen-bond donors (Lipinski definition) is 2. The number of rotatable bonds is 4. The van der Waals surface area contributed by atoms with Crippen LogP contribution in [0.25, 0.3) is 0 Å². The third-order valence-corrected chi connectivity index (χ3v) is 3.90. The van der Waals surface area contributed by atoms with Gasteiger partial charge in [0.05, 0.1) is 5.56 Å². The number of piperidine rings is 1. The van der Waals surface area contributed by atoms with Crippen molar-refractivity contribution in [1.82, 2.24) is 4.90 Å². The molecule has 0 spiro atoms. The van der Waals surface area contributed by atoms with Crippen molar-refractivity contribution >= 4 is 11.6 Å². The van der Waals surface area contributed by atoms with Crippen LogP contribution >= 0.6 is 0 Å². The number of carbonyl (C=O) groups excluding carboxylic acids is 1. The third kappa shape index (κ3) is 3.42. The maximum absolute atomic E-state index is 12.4. The van der Waals surface area contributed by atoms with Gasteiger partial charge in [-0.15, -0.1) is 0 Å². The highest BCUT2D eigenvalue weighted by molar-refractivity contribution is 5.99. The number of nitrogens with two attached hydrogens (primary N) is 1. The van der Waals surface area contributed by atoms with Crippen molar-refractivity contribution < 1.29 is 14.6 Å². The van der Waals surface area contributed by atoms with Crippen molar-refractivity contribution in [2.75, 3.05) is 32.5 Å². The summed E-state index contributed by atoms with van der Waals surface area (Å²) in [5, 5.41) is 9.48. The average molecular weight is 278 g/mol. The van der Waals surface area contributed by atoms with Crippen LogP contribution < -0.4 is 5.73 Å². The number of benzene rings is 1. The molecular formula is C15H22N2O3. The zero-order chi connectivity index (χ0) is 14.5. The van der Waals surface area contributed by atoms with Crippen molar-refractivity contribution in [3.63, 3.8) is 0 Å². The van der Waals surface area contributed by atoms with Crippen molar-refractivity contribution in [3.05, 3.63) is 23.8 Å². The minimum Gasteiger partial charge on any atom is -0.508 e. The van der Waals surface area contributed by atoms with E-state index in [1.165, 1.54) is 12.1 Å². The highest BCUT2D eigenvalue weighted by Gasteiger charge is 2.24. The van der Waals surface area contributed by atoms with Crippen LogP contribution in [-0.2, 0) is 4.74 Å². The number of ether oxygens (including phenoxy) is 1. The van der Waals surface area contributed by atoms with Crippen molar-refractivity contribution in [2.24, 2.45) is 5.92 Å². The van der Waals surface area contributed by atoms with Gasteiger partial charge in [-0.25, -0.2) is 0 Å². The van der Waals surface area contributed by atoms with Crippen LogP contribution in [0.15, 0.2) is 18.2 Å². The second-order valence-electron chi connectivity index (χ2n) is 5.29. The van der Waals surface area contributed by atoms with E-state index in [4.69, 9.17) is 10.5 Å². The highest BCUT2D eigenvalue weighted by atomic mass is 16.5. The van der Waals surface area contributed by atoms with Crippen LogP contribution in [-0.4, -0.2) is 42.7 Å². The minimum atomic E-state index is -0.0939. The van der Waals surface area contributed by atoms with E-state index in [1.807, 2.05) is 4.90 Å². The lowest BCUT2D eigenvalue weighted by Crippen LogP contribution is -2.39. The summed E-state index contributed by atoms with van der Waals surface area (Å²) < 4.78 is 5.09. The summed E-state index contributed by atoms with van der Waals surface area (Å²) in [5.41, 5.74) is 6.62. The summed E-state index contributed by atoms with van der Waals surface area (Å²) in [5.74, 6) is 0.599. The summed E-state index contributed by atoms with van der Waals surface area (Å²) in [6.07, 6.45) is 3.04. The smallest absolute Gasteiger partial charge is 0.256 e. The molecule has 5 heteroatoms. The summed E-state index contributed by atoms with van der Waals surface area (Å²) in [6, 6.07) is 4.49. The van der Waals surface area contributed by atoms with Gasteiger partial charge in [-0.1, -0.05) is 0 Å². The Morgan fingerprint density at radius 1 is 1.45 bits per heavy atom. The molecule has 1 heterocycles. The topological polar surface area (TPSA) is 75.8 Å². The van der Waals surface area contributed by atoms with Gasteiger partial charge in [0.1, 0.15) is 5.75 Å². The van der Waals surface area contributed by atoms with Gasteiger partial charge in [0.25, 0.3) is 5.91 Å². The quantitative estimate of drug-likeness (QED) is 0.651. The number of phenolic OH excluding ortho intramolecular Hbond substituents is 1. The lowest BCUT2D eigenvalue weighted by molar-refractivity contribution is 0.0670. The minimum absolute atomic E-state index is 0.0672. The second-order valence-corrected chi connectivity index (χ2v) is 5.29. The molecule has 1 aromatic carbocycles. The van der Waals surface area contributed by atoms with Crippen LogP contribution in [0.5, 0.6) is 5.75 Å². The molecule has 1 fully saturated rings. The molecule has 1 aliphatic heterocycles. The number of carbonyl (C=O) groups is 1. The number of phenols is 1. The van der Waals surface area contributed by atoms with Crippen molar-refractivity contribution in [1.29, 1.82) is 0 Å². The molecule has 1 amide bonds. The predicted molar refractivity (Wildman–Crippen MR) is 77.6 cm³/mol. The lowest BCUT2D eigenvalue weighted by Gasteiger charge is -2.32. The first-order chi connectivity index (χ1) is 9.61. The zero-order valence-electron chi connectivity index (χ0n) is 11.8. The summed E-state index contributed by atoms with van der Waals surface area (Å²) in [7, 11) is 1.71. The number of nitrogen functional groups attached to an aromatic ring is 1. The summed E-state index contributed by atoms with van der Waals surface area (Å²) >= 11 is 0. The predicted octanol–water partition coefficient (Wildman–Crippen LogP) is 1.86. The first-order valence-corrected chi connectivity index (χ1v) is 6.98. The first kappa shape index (κ1) is 14.7. The van der Waals surface area contributed by atoms with Crippen LogP contribution in [0.4, 0.5) is 5.69 Å². The largest absolute Gasteiger partial charge is 0.508 e. The molecule has 1 saturated heterocycles. The van der Waals surface area contributed by atoms with Crippen LogP contribution in [0, 0.1) is 5.92 Å². The van der Waals surface area contributed by atoms with E-state index in [0.717, 1.165) is 39.0 Å². The molecule has 0 atom stereocenters. The van der Waals surface area contributed by atoms with Crippen molar-refractivity contribution in [3.8, 4) is 5.75 Å². The molecule has 0 bridgehead atoms. The van der Waals surface area contributed by atoms with E-state index in [0.29, 0.717) is 17.2 Å². The molecule has 3 N–H and O–H groups in total. The number of likely N-dealkylation sites (tertiary alicyclic amines) is 1. The Bertz CT molecular complexity index is 468. The highest BCUT2D eigenvalue weighted by Crippen LogP contribution is 2.25. The maximum Gasteiger partial charge on any atom is 0.256 e. The van der Waals surface area contributed by atoms with Gasteiger partial charge in [0, 0.05) is 32.5 Å². The number of hydrogen-bond acceptors (Lipinski definition) is 4. The Hall–Kier alpha value is -1.75. The molecule has 0 saturated carbocycles. The van der Waals surface area contributed by atoms with Gasteiger partial charge in [-0.2, -0.15) is 0 Å². The van der Waals surface area contributed by atoms with Gasteiger partial charge in [0.2, 0.25) is 0 Å². The van der Waals surface area contributed by atoms with Crippen LogP contribution in [0.2, 0.25) is 0 Å². The van der Waals surface area contributed by atoms with E-state index in [1.54, 1.807) is 13.2 Å². The third-order valence-electron chi connectivity index (χ3n) is 3.90. The Morgan fingerprint density at radius 2 is 2.15 bits per heavy atom. The van der Waals surface area contributed by atoms with Gasteiger partial charge < -0.3 is 20.5 Å². The van der Waals surface area contributed by atoms with Gasteiger partial charge in [-0.05, 0) is 43.4 Å². The van der Waals surface area contributed by atoms with Crippen molar-refractivity contribution in [2.45, 2.75) is 19.3 Å². The fourth-order valence-electron chi connectivity index (χ4n) is 2.61. The summed E-state index contributed by atoms with van der Waals surface area (Å²) in [4.78, 5) is 14.2. The molecule has 1 aliphatic rings. The number of aromatic hydroxyl groups is 1. The molecule has 2 rings (SSSR count). The Kier molecular flexibility index (Phi) is 4.84. The zero-order valence-corrected chi connectivity index (χ0v) is 11.8. The van der Waals surface area contributed by atoms with Crippen LogP contribution in [0.3, 0.4) is 0 Å². The average Bonchev–Trinajstić information content (AvgIpc) is 2.47. The van der Waals surface area contributed by atoms with E-state index < -0.39 is 0 Å². The van der Waals surface area contributed by atoms with Crippen LogP contribution in [0.1, 0.15) is 29.6 Å². The first-order valence-electron chi connectivity index (χ1n) is 6.98. The van der Waals surface area contributed by atoms with E-state index in [2.05, 4.69) is 0 Å². The van der Waals surface area contributed by atoms with Gasteiger partial charge >= 0.3 is 0 Å². The Labute approximate surface area is 119 Å². The number of amides is 1. The molecule has 1 aromatic rings. The molecule has 0 aliphatic carbocycles. The normalized spacial score (nSPS) is 16.4. The molecule has 0 unspecified atom stereocenters. The van der Waals surface area contributed by atoms with E-state index in [9.17, 15) is 9.90 Å². The Morgan fingerprint density at radius 3 is 2.80 bits per heavy atom. The maximum atomic E-state index is 12.4. The number of anilines is 1. The molecule has 110 valence electrons. The fraction of sp³-hybridized carbons (Fsp3) is 0.533. The second kappa shape index (κ2) is 6.61. The lowest BCUT2D eigenvalue weighted by atomic mass is 9.93. The summed E-state index contributed by atoms with van der Waals surface area (Å²) in [6.45, 7) is 2.25. The number of nitrogens with zero attached hydrogens (tertiary/aromatic N) is 1. The standard InChI is InChI=1S/C15H22N2O3/c1-20-9-6-11-4-7-17(8-5-11)15(19)13-10-12(18)2-3-14(13)16/h2-3,10-11,18H,4-9,16H2,1H3.